The molecule has 104 valence electrons. The molecule has 1 N–H and O–H groups in total. The number of aryl methyl sites for hydroxylation is 1. The fourth-order valence-corrected chi connectivity index (χ4v) is 2.47. The van der Waals surface area contributed by atoms with Gasteiger partial charge in [-0.25, -0.2) is 8.78 Å². The molecule has 1 amide bonds. The van der Waals surface area contributed by atoms with Crippen molar-refractivity contribution >= 4 is 23.4 Å². The monoisotopic (exact) mass is 293 g/mol. The first kappa shape index (κ1) is 14.5. The van der Waals surface area contributed by atoms with Gasteiger partial charge in [0.15, 0.2) is 0 Å². The molecule has 0 radical (unpaired) electrons. The molecule has 0 unspecified atom stereocenters. The Kier molecular flexibility index (Phi) is 4.74. The third-order valence-corrected chi connectivity index (χ3v) is 3.83. The number of carbonyl (C=O) groups excluding carboxylic acids is 1. The normalized spacial score (nSPS) is 10.3. The first-order valence-electron chi connectivity index (χ1n) is 5.99. The van der Waals surface area contributed by atoms with Gasteiger partial charge < -0.3 is 5.32 Å². The van der Waals surface area contributed by atoms with Gasteiger partial charge in [-0.05, 0) is 30.7 Å². The van der Waals surface area contributed by atoms with E-state index in [0.29, 0.717) is 0 Å². The van der Waals surface area contributed by atoms with Crippen LogP contribution in [0.15, 0.2) is 47.4 Å². The van der Waals surface area contributed by atoms with E-state index >= 15 is 0 Å². The molecule has 2 rings (SSSR count). The minimum atomic E-state index is -0.778. The molecule has 0 aliphatic heterocycles. The SMILES string of the molecule is Cc1ccccc1SCC(=O)Nc1ccc(F)cc1F. The van der Waals surface area contributed by atoms with Crippen LogP contribution < -0.4 is 5.32 Å². The van der Waals surface area contributed by atoms with Crippen LogP contribution in [0.2, 0.25) is 0 Å². The van der Waals surface area contributed by atoms with Gasteiger partial charge in [0, 0.05) is 11.0 Å². The molecule has 2 nitrogen and oxygen atoms in total. The maximum Gasteiger partial charge on any atom is 0.234 e. The lowest BCUT2D eigenvalue weighted by molar-refractivity contribution is -0.113. The Bertz CT molecular complexity index is 631. The summed E-state index contributed by atoms with van der Waals surface area (Å²) in [6.07, 6.45) is 0. The molecule has 20 heavy (non-hydrogen) atoms. The summed E-state index contributed by atoms with van der Waals surface area (Å²) in [6, 6.07) is 10.8. The lowest BCUT2D eigenvalue weighted by Crippen LogP contribution is -2.15. The van der Waals surface area contributed by atoms with Crippen LogP contribution in [0.5, 0.6) is 0 Å². The van der Waals surface area contributed by atoms with Crippen molar-refractivity contribution in [1.82, 2.24) is 0 Å². The fourth-order valence-electron chi connectivity index (χ4n) is 1.64. The van der Waals surface area contributed by atoms with Crippen LogP contribution in [-0.2, 0) is 4.79 Å². The maximum atomic E-state index is 13.4. The number of anilines is 1. The Labute approximate surface area is 120 Å². The van der Waals surface area contributed by atoms with E-state index in [1.165, 1.54) is 17.8 Å². The molecule has 2 aromatic rings. The van der Waals surface area contributed by atoms with E-state index in [9.17, 15) is 13.6 Å². The predicted molar refractivity (Wildman–Crippen MR) is 76.9 cm³/mol. The average Bonchev–Trinajstić information content (AvgIpc) is 2.41. The lowest BCUT2D eigenvalue weighted by atomic mass is 10.2. The molecule has 0 fully saturated rings. The zero-order chi connectivity index (χ0) is 14.5. The topological polar surface area (TPSA) is 29.1 Å². The second kappa shape index (κ2) is 6.52. The smallest absolute Gasteiger partial charge is 0.234 e. The summed E-state index contributed by atoms with van der Waals surface area (Å²) in [5, 5.41) is 2.43. The summed E-state index contributed by atoms with van der Waals surface area (Å²) < 4.78 is 26.1. The Morgan fingerprint density at radius 1 is 1.20 bits per heavy atom. The Morgan fingerprint density at radius 3 is 2.65 bits per heavy atom. The van der Waals surface area contributed by atoms with Crippen molar-refractivity contribution in [2.24, 2.45) is 0 Å². The van der Waals surface area contributed by atoms with Gasteiger partial charge in [0.2, 0.25) is 5.91 Å². The van der Waals surface area contributed by atoms with Crippen LogP contribution >= 0.6 is 11.8 Å². The number of rotatable bonds is 4. The van der Waals surface area contributed by atoms with Crippen LogP contribution in [0.25, 0.3) is 0 Å². The molecule has 0 bridgehead atoms. The van der Waals surface area contributed by atoms with E-state index in [-0.39, 0.29) is 17.3 Å². The highest BCUT2D eigenvalue weighted by molar-refractivity contribution is 8.00. The van der Waals surface area contributed by atoms with E-state index in [2.05, 4.69) is 5.32 Å². The minimum Gasteiger partial charge on any atom is -0.323 e. The molecular formula is C15H13F2NOS. The second-order valence-electron chi connectivity index (χ2n) is 4.23. The van der Waals surface area contributed by atoms with E-state index in [0.717, 1.165) is 22.6 Å². The Hall–Kier alpha value is -1.88. The Balaban J connectivity index is 1.94. The molecule has 2 aromatic carbocycles. The molecule has 0 saturated heterocycles. The Morgan fingerprint density at radius 2 is 1.95 bits per heavy atom. The van der Waals surface area contributed by atoms with Crippen LogP contribution in [0.1, 0.15) is 5.56 Å². The van der Waals surface area contributed by atoms with E-state index in [4.69, 9.17) is 0 Å². The number of amides is 1. The third kappa shape index (κ3) is 3.81. The van der Waals surface area contributed by atoms with Crippen LogP contribution in [-0.4, -0.2) is 11.7 Å². The van der Waals surface area contributed by atoms with Crippen LogP contribution in [0.3, 0.4) is 0 Å². The zero-order valence-electron chi connectivity index (χ0n) is 10.8. The largest absolute Gasteiger partial charge is 0.323 e. The minimum absolute atomic E-state index is 0.0122. The third-order valence-electron chi connectivity index (χ3n) is 2.66. The zero-order valence-corrected chi connectivity index (χ0v) is 11.6. The predicted octanol–water partition coefficient (Wildman–Crippen LogP) is 4.00. The summed E-state index contributed by atoms with van der Waals surface area (Å²) in [6.45, 7) is 1.96. The van der Waals surface area contributed by atoms with Gasteiger partial charge in [-0.15, -0.1) is 11.8 Å². The summed E-state index contributed by atoms with van der Waals surface area (Å²) in [5.74, 6) is -1.61. The van der Waals surface area contributed by atoms with Crippen molar-refractivity contribution in [1.29, 1.82) is 0 Å². The molecule has 0 heterocycles. The summed E-state index contributed by atoms with van der Waals surface area (Å²) >= 11 is 1.37. The molecule has 5 heteroatoms. The first-order chi connectivity index (χ1) is 9.56. The average molecular weight is 293 g/mol. The molecule has 0 saturated carbocycles. The fraction of sp³-hybridized carbons (Fsp3) is 0.133. The van der Waals surface area contributed by atoms with Crippen molar-refractivity contribution in [3.63, 3.8) is 0 Å². The molecular weight excluding hydrogens is 280 g/mol. The van der Waals surface area contributed by atoms with Crippen molar-refractivity contribution in [2.75, 3.05) is 11.1 Å². The number of thioether (sulfide) groups is 1. The van der Waals surface area contributed by atoms with Crippen molar-refractivity contribution < 1.29 is 13.6 Å². The van der Waals surface area contributed by atoms with Gasteiger partial charge in [0.25, 0.3) is 0 Å². The molecule has 0 aliphatic rings. The molecule has 0 aromatic heterocycles. The molecule has 0 aliphatic carbocycles. The van der Waals surface area contributed by atoms with E-state index in [1.54, 1.807) is 0 Å². The van der Waals surface area contributed by atoms with Crippen LogP contribution in [0, 0.1) is 18.6 Å². The second-order valence-corrected chi connectivity index (χ2v) is 5.24. The van der Waals surface area contributed by atoms with Gasteiger partial charge >= 0.3 is 0 Å². The number of halogens is 2. The van der Waals surface area contributed by atoms with Gasteiger partial charge in [0.1, 0.15) is 11.6 Å². The van der Waals surface area contributed by atoms with Crippen molar-refractivity contribution in [3.05, 3.63) is 59.7 Å². The number of benzene rings is 2. The highest BCUT2D eigenvalue weighted by Gasteiger charge is 2.09. The van der Waals surface area contributed by atoms with Crippen molar-refractivity contribution in [2.45, 2.75) is 11.8 Å². The number of hydrogen-bond acceptors (Lipinski definition) is 2. The van der Waals surface area contributed by atoms with Gasteiger partial charge in [0.05, 0.1) is 11.4 Å². The quantitative estimate of drug-likeness (QED) is 0.863. The first-order valence-corrected chi connectivity index (χ1v) is 6.98. The number of carbonyl (C=O) groups is 1. The summed E-state index contributed by atoms with van der Waals surface area (Å²) in [7, 11) is 0. The van der Waals surface area contributed by atoms with Gasteiger partial charge in [-0.3, -0.25) is 4.79 Å². The highest BCUT2D eigenvalue weighted by Crippen LogP contribution is 2.22. The highest BCUT2D eigenvalue weighted by atomic mass is 32.2. The van der Waals surface area contributed by atoms with Crippen molar-refractivity contribution in [3.8, 4) is 0 Å². The van der Waals surface area contributed by atoms with E-state index in [1.807, 2.05) is 31.2 Å². The summed E-state index contributed by atoms with van der Waals surface area (Å²) in [4.78, 5) is 12.7. The van der Waals surface area contributed by atoms with E-state index < -0.39 is 11.6 Å². The van der Waals surface area contributed by atoms with Gasteiger partial charge in [-0.1, -0.05) is 18.2 Å². The lowest BCUT2D eigenvalue weighted by Gasteiger charge is -2.07. The molecule has 0 atom stereocenters. The van der Waals surface area contributed by atoms with Crippen LogP contribution in [0.4, 0.5) is 14.5 Å². The maximum absolute atomic E-state index is 13.4. The number of hydrogen-bond donors (Lipinski definition) is 1. The molecule has 0 spiro atoms. The number of nitrogens with one attached hydrogen (secondary N) is 1. The standard InChI is InChI=1S/C15H13F2NOS/c1-10-4-2-3-5-14(10)20-9-15(19)18-13-7-6-11(16)8-12(13)17/h2-8H,9H2,1H3,(H,18,19). The van der Waals surface area contributed by atoms with Gasteiger partial charge in [-0.2, -0.15) is 0 Å². The summed E-state index contributed by atoms with van der Waals surface area (Å²) in [5.41, 5.74) is 1.07.